The Kier molecular flexibility index (Phi) is 2.86. The Morgan fingerprint density at radius 1 is 1.31 bits per heavy atom. The number of nitrogens with one attached hydrogen (secondary N) is 1. The Bertz CT molecular complexity index is 321. The molecule has 16 heavy (non-hydrogen) atoms. The molecule has 2 bridgehead atoms. The van der Waals surface area contributed by atoms with Crippen molar-refractivity contribution in [3.63, 3.8) is 0 Å². The van der Waals surface area contributed by atoms with Crippen molar-refractivity contribution >= 4 is 0 Å². The Hall–Kier alpha value is -0.970. The van der Waals surface area contributed by atoms with Crippen molar-refractivity contribution < 1.29 is 4.74 Å². The third-order valence-electron chi connectivity index (χ3n) is 3.39. The van der Waals surface area contributed by atoms with E-state index in [0.29, 0.717) is 12.1 Å². The molecule has 2 aliphatic heterocycles. The number of piperazine rings is 1. The Morgan fingerprint density at radius 3 is 2.81 bits per heavy atom. The number of aromatic nitrogens is 1. The monoisotopic (exact) mass is 219 g/mol. The zero-order valence-electron chi connectivity index (χ0n) is 9.30. The molecule has 0 spiro atoms. The van der Waals surface area contributed by atoms with Crippen LogP contribution in [0.1, 0.15) is 5.69 Å². The average molecular weight is 219 g/mol. The first-order valence-electron chi connectivity index (χ1n) is 5.87. The van der Waals surface area contributed by atoms with Gasteiger partial charge in [-0.2, -0.15) is 0 Å². The van der Waals surface area contributed by atoms with Gasteiger partial charge in [-0.25, -0.2) is 0 Å². The van der Waals surface area contributed by atoms with Crippen LogP contribution in [0.25, 0.3) is 0 Å². The largest absolute Gasteiger partial charge is 0.378 e. The highest BCUT2D eigenvalue weighted by molar-refractivity contribution is 5.05. The minimum Gasteiger partial charge on any atom is -0.378 e. The smallest absolute Gasteiger partial charge is 0.0635 e. The van der Waals surface area contributed by atoms with Crippen LogP contribution in [-0.2, 0) is 11.3 Å². The molecule has 1 aromatic rings. The topological polar surface area (TPSA) is 37.4 Å². The lowest BCUT2D eigenvalue weighted by molar-refractivity contribution is -0.0694. The fraction of sp³-hybridized carbons (Fsp3) is 0.583. The molecule has 3 rings (SSSR count). The number of hydrogen-bond donors (Lipinski definition) is 1. The molecule has 0 aliphatic carbocycles. The van der Waals surface area contributed by atoms with E-state index in [4.69, 9.17) is 4.74 Å². The molecule has 2 fully saturated rings. The van der Waals surface area contributed by atoms with E-state index in [2.05, 4.69) is 27.3 Å². The van der Waals surface area contributed by atoms with Gasteiger partial charge in [0.1, 0.15) is 0 Å². The molecule has 0 amide bonds. The normalized spacial score (nSPS) is 30.2. The van der Waals surface area contributed by atoms with Crippen molar-refractivity contribution in [3.8, 4) is 0 Å². The molecule has 0 saturated carbocycles. The Labute approximate surface area is 95.6 Å². The van der Waals surface area contributed by atoms with E-state index in [9.17, 15) is 0 Å². The van der Waals surface area contributed by atoms with Gasteiger partial charge in [0.25, 0.3) is 0 Å². The summed E-state index contributed by atoms with van der Waals surface area (Å²) in [4.78, 5) is 6.93. The van der Waals surface area contributed by atoms with Crippen LogP contribution in [0.15, 0.2) is 24.4 Å². The zero-order valence-corrected chi connectivity index (χ0v) is 9.30. The van der Waals surface area contributed by atoms with Crippen LogP contribution < -0.4 is 5.32 Å². The lowest BCUT2D eigenvalue weighted by Crippen LogP contribution is -2.63. The molecule has 3 heterocycles. The van der Waals surface area contributed by atoms with E-state index in [1.165, 1.54) is 0 Å². The SMILES string of the molecule is c1ccc(CN2[C@H]3CNC[C@H]2COC3)nc1. The van der Waals surface area contributed by atoms with E-state index < -0.39 is 0 Å². The molecule has 0 unspecified atom stereocenters. The molecule has 4 heteroatoms. The Balaban J connectivity index is 1.74. The van der Waals surface area contributed by atoms with Gasteiger partial charge in [-0.05, 0) is 12.1 Å². The molecule has 1 N–H and O–H groups in total. The highest BCUT2D eigenvalue weighted by Gasteiger charge is 2.34. The van der Waals surface area contributed by atoms with Crippen molar-refractivity contribution in [2.45, 2.75) is 18.6 Å². The summed E-state index contributed by atoms with van der Waals surface area (Å²) in [7, 11) is 0. The van der Waals surface area contributed by atoms with Gasteiger partial charge in [-0.3, -0.25) is 9.88 Å². The minimum atomic E-state index is 0.509. The summed E-state index contributed by atoms with van der Waals surface area (Å²) < 4.78 is 5.60. The number of ether oxygens (including phenoxy) is 1. The number of fused-ring (bicyclic) bond motifs is 2. The van der Waals surface area contributed by atoms with Crippen molar-refractivity contribution in [1.29, 1.82) is 0 Å². The van der Waals surface area contributed by atoms with Gasteiger partial charge in [0, 0.05) is 37.9 Å². The molecule has 2 saturated heterocycles. The quantitative estimate of drug-likeness (QED) is 0.774. The summed E-state index contributed by atoms with van der Waals surface area (Å²) in [5.41, 5.74) is 1.15. The van der Waals surface area contributed by atoms with Gasteiger partial charge in [-0.15, -0.1) is 0 Å². The van der Waals surface area contributed by atoms with E-state index in [-0.39, 0.29) is 0 Å². The highest BCUT2D eigenvalue weighted by atomic mass is 16.5. The number of hydrogen-bond acceptors (Lipinski definition) is 4. The predicted molar refractivity (Wildman–Crippen MR) is 61.0 cm³/mol. The fourth-order valence-electron chi connectivity index (χ4n) is 2.54. The van der Waals surface area contributed by atoms with Crippen LogP contribution in [0.2, 0.25) is 0 Å². The highest BCUT2D eigenvalue weighted by Crippen LogP contribution is 2.18. The first kappa shape index (κ1) is 10.2. The average Bonchev–Trinajstić information content (AvgIpc) is 2.30. The van der Waals surface area contributed by atoms with E-state index in [1.807, 2.05) is 12.3 Å². The fourth-order valence-corrected chi connectivity index (χ4v) is 2.54. The molecular formula is C12H17N3O. The van der Waals surface area contributed by atoms with Crippen LogP contribution in [0.4, 0.5) is 0 Å². The lowest BCUT2D eigenvalue weighted by atomic mass is 10.1. The molecule has 0 radical (unpaired) electrons. The first-order valence-corrected chi connectivity index (χ1v) is 5.87. The first-order chi connectivity index (χ1) is 7.93. The number of rotatable bonds is 2. The van der Waals surface area contributed by atoms with Gasteiger partial charge in [-0.1, -0.05) is 6.07 Å². The maximum atomic E-state index is 5.60. The predicted octanol–water partition coefficient (Wildman–Crippen LogP) is 0.254. The summed E-state index contributed by atoms with van der Waals surface area (Å²) in [5.74, 6) is 0. The number of morpholine rings is 1. The van der Waals surface area contributed by atoms with Gasteiger partial charge in [0.05, 0.1) is 18.9 Å². The lowest BCUT2D eigenvalue weighted by Gasteiger charge is -2.45. The third-order valence-corrected chi connectivity index (χ3v) is 3.39. The van der Waals surface area contributed by atoms with Crippen LogP contribution in [0.3, 0.4) is 0 Å². The summed E-state index contributed by atoms with van der Waals surface area (Å²) in [6.07, 6.45) is 1.86. The molecule has 4 nitrogen and oxygen atoms in total. The van der Waals surface area contributed by atoms with Gasteiger partial charge >= 0.3 is 0 Å². The molecule has 0 aromatic carbocycles. The van der Waals surface area contributed by atoms with E-state index in [1.54, 1.807) is 0 Å². The van der Waals surface area contributed by atoms with Crippen LogP contribution >= 0.6 is 0 Å². The summed E-state index contributed by atoms with van der Waals surface area (Å²) in [6.45, 7) is 4.69. The molecular weight excluding hydrogens is 202 g/mol. The van der Waals surface area contributed by atoms with E-state index in [0.717, 1.165) is 38.5 Å². The Morgan fingerprint density at radius 2 is 2.12 bits per heavy atom. The number of nitrogens with zero attached hydrogens (tertiary/aromatic N) is 2. The van der Waals surface area contributed by atoms with Crippen molar-refractivity contribution in [1.82, 2.24) is 15.2 Å². The second kappa shape index (κ2) is 4.49. The summed E-state index contributed by atoms with van der Waals surface area (Å²) >= 11 is 0. The summed E-state index contributed by atoms with van der Waals surface area (Å²) in [5, 5.41) is 3.46. The minimum absolute atomic E-state index is 0.509. The van der Waals surface area contributed by atoms with Crippen LogP contribution in [0, 0.1) is 0 Å². The van der Waals surface area contributed by atoms with Gasteiger partial charge < -0.3 is 10.1 Å². The zero-order chi connectivity index (χ0) is 10.8. The van der Waals surface area contributed by atoms with Gasteiger partial charge in [0.2, 0.25) is 0 Å². The second-order valence-electron chi connectivity index (χ2n) is 4.50. The standard InChI is InChI=1S/C12H17N3O/c1-2-4-14-10(3-1)7-15-11-5-13-6-12(15)9-16-8-11/h1-4,11-13H,5-9H2/t11-,12-/m0/s1. The van der Waals surface area contributed by atoms with Crippen molar-refractivity contribution in [2.75, 3.05) is 26.3 Å². The van der Waals surface area contributed by atoms with E-state index >= 15 is 0 Å². The van der Waals surface area contributed by atoms with Crippen LogP contribution in [0.5, 0.6) is 0 Å². The second-order valence-corrected chi connectivity index (χ2v) is 4.50. The molecule has 1 aromatic heterocycles. The molecule has 86 valence electrons. The maximum Gasteiger partial charge on any atom is 0.0635 e. The summed E-state index contributed by atoms with van der Waals surface area (Å²) in [6, 6.07) is 7.13. The molecule has 2 atom stereocenters. The van der Waals surface area contributed by atoms with Gasteiger partial charge in [0.15, 0.2) is 0 Å². The number of pyridine rings is 1. The van der Waals surface area contributed by atoms with Crippen molar-refractivity contribution in [2.24, 2.45) is 0 Å². The van der Waals surface area contributed by atoms with Crippen LogP contribution in [-0.4, -0.2) is 48.3 Å². The van der Waals surface area contributed by atoms with Crippen molar-refractivity contribution in [3.05, 3.63) is 30.1 Å². The maximum absolute atomic E-state index is 5.60. The third kappa shape index (κ3) is 1.96. The molecule has 2 aliphatic rings.